The van der Waals surface area contributed by atoms with E-state index in [1.165, 1.54) is 17.4 Å². The first-order valence-electron chi connectivity index (χ1n) is 7.71. The molecule has 3 aromatic rings. The number of carboxylic acids is 1. The fraction of sp³-hybridized carbons (Fsp3) is 0.105. The van der Waals surface area contributed by atoms with E-state index >= 15 is 0 Å². The molecule has 0 aliphatic carbocycles. The second-order valence-corrected chi connectivity index (χ2v) is 6.44. The van der Waals surface area contributed by atoms with Crippen LogP contribution in [0.2, 0.25) is 0 Å². The Balaban J connectivity index is 2.03. The van der Waals surface area contributed by atoms with E-state index < -0.39 is 17.9 Å². The molecule has 0 saturated carbocycles. The number of carboxylic acid groups (broad SMARTS) is 1. The predicted molar refractivity (Wildman–Crippen MR) is 98.2 cm³/mol. The van der Waals surface area contributed by atoms with E-state index in [1.807, 2.05) is 54.6 Å². The van der Waals surface area contributed by atoms with Crippen molar-refractivity contribution in [3.63, 3.8) is 0 Å². The highest BCUT2D eigenvalue weighted by molar-refractivity contribution is 7.16. The summed E-state index contributed by atoms with van der Waals surface area (Å²) in [5, 5.41) is 9.37. The topological polar surface area (TPSA) is 71.7 Å². The normalized spacial score (nSPS) is 13.4. The van der Waals surface area contributed by atoms with Gasteiger partial charge in [0.2, 0.25) is 0 Å². The van der Waals surface area contributed by atoms with Gasteiger partial charge in [-0.1, -0.05) is 53.8 Å². The SMILES string of the molecule is CC(C(=O)O)n1/c(=N/C(=O)/C=C/c2ccccc2)sc2ccccc21. The van der Waals surface area contributed by atoms with Crippen LogP contribution in [0.4, 0.5) is 0 Å². The van der Waals surface area contributed by atoms with Crippen molar-refractivity contribution in [3.8, 4) is 0 Å². The van der Waals surface area contributed by atoms with E-state index in [0.29, 0.717) is 4.80 Å². The van der Waals surface area contributed by atoms with E-state index in [-0.39, 0.29) is 0 Å². The van der Waals surface area contributed by atoms with Gasteiger partial charge in [-0.15, -0.1) is 0 Å². The maximum atomic E-state index is 12.2. The van der Waals surface area contributed by atoms with Crippen LogP contribution >= 0.6 is 11.3 Å². The molecule has 0 aliphatic rings. The summed E-state index contributed by atoms with van der Waals surface area (Å²) in [6.07, 6.45) is 3.07. The Bertz CT molecular complexity index is 1020. The molecule has 1 atom stereocenters. The molecule has 0 aliphatic heterocycles. The van der Waals surface area contributed by atoms with E-state index in [9.17, 15) is 14.7 Å². The number of hydrogen-bond acceptors (Lipinski definition) is 3. The minimum absolute atomic E-state index is 0.374. The van der Waals surface area contributed by atoms with E-state index in [0.717, 1.165) is 15.8 Å². The number of fused-ring (bicyclic) bond motifs is 1. The predicted octanol–water partition coefficient (Wildman–Crippen LogP) is 3.49. The average Bonchev–Trinajstić information content (AvgIpc) is 2.97. The molecule has 126 valence electrons. The van der Waals surface area contributed by atoms with Crippen molar-refractivity contribution in [3.05, 3.63) is 71.0 Å². The van der Waals surface area contributed by atoms with Crippen LogP contribution in [0.3, 0.4) is 0 Å². The Morgan fingerprint density at radius 3 is 2.52 bits per heavy atom. The molecule has 6 heteroatoms. The fourth-order valence-corrected chi connectivity index (χ4v) is 3.52. The lowest BCUT2D eigenvalue weighted by Gasteiger charge is -2.09. The molecule has 1 unspecified atom stereocenters. The number of para-hydroxylation sites is 1. The minimum Gasteiger partial charge on any atom is -0.480 e. The third-order valence-corrected chi connectivity index (χ3v) is 4.74. The van der Waals surface area contributed by atoms with Gasteiger partial charge in [0.1, 0.15) is 6.04 Å². The highest BCUT2D eigenvalue weighted by Crippen LogP contribution is 2.20. The second-order valence-electron chi connectivity index (χ2n) is 5.43. The molecular formula is C19H16N2O3S. The van der Waals surface area contributed by atoms with Gasteiger partial charge in [0.05, 0.1) is 10.2 Å². The van der Waals surface area contributed by atoms with E-state index in [2.05, 4.69) is 4.99 Å². The molecular weight excluding hydrogens is 336 g/mol. The lowest BCUT2D eigenvalue weighted by atomic mass is 10.2. The first-order valence-corrected chi connectivity index (χ1v) is 8.52. The van der Waals surface area contributed by atoms with Gasteiger partial charge in [0.25, 0.3) is 5.91 Å². The number of aromatic nitrogens is 1. The van der Waals surface area contributed by atoms with Gasteiger partial charge in [0.15, 0.2) is 4.80 Å². The highest BCUT2D eigenvalue weighted by atomic mass is 32.1. The molecule has 1 heterocycles. The van der Waals surface area contributed by atoms with Gasteiger partial charge < -0.3 is 9.67 Å². The quantitative estimate of drug-likeness (QED) is 0.731. The maximum absolute atomic E-state index is 12.2. The molecule has 0 spiro atoms. The van der Waals surface area contributed by atoms with Crippen molar-refractivity contribution < 1.29 is 14.7 Å². The number of thiazole rings is 1. The molecule has 1 amide bonds. The van der Waals surface area contributed by atoms with Crippen LogP contribution in [-0.2, 0) is 9.59 Å². The Labute approximate surface area is 148 Å². The average molecular weight is 352 g/mol. The number of aliphatic carboxylic acids is 1. The smallest absolute Gasteiger partial charge is 0.326 e. The van der Waals surface area contributed by atoms with Crippen LogP contribution in [0.25, 0.3) is 16.3 Å². The molecule has 0 saturated heterocycles. The van der Waals surface area contributed by atoms with Crippen molar-refractivity contribution >= 4 is 39.5 Å². The largest absolute Gasteiger partial charge is 0.480 e. The number of nitrogens with zero attached hydrogens (tertiary/aromatic N) is 2. The first kappa shape index (κ1) is 16.9. The van der Waals surface area contributed by atoms with Gasteiger partial charge in [-0.05, 0) is 30.7 Å². The maximum Gasteiger partial charge on any atom is 0.326 e. The van der Waals surface area contributed by atoms with Crippen molar-refractivity contribution in [1.82, 2.24) is 4.57 Å². The summed E-state index contributed by atoms with van der Waals surface area (Å²) in [5.41, 5.74) is 1.65. The molecule has 5 nitrogen and oxygen atoms in total. The minimum atomic E-state index is -0.975. The number of benzene rings is 2. The Hall–Kier alpha value is -2.99. The molecule has 2 aromatic carbocycles. The number of carbonyl (C=O) groups excluding carboxylic acids is 1. The van der Waals surface area contributed by atoms with Gasteiger partial charge in [-0.3, -0.25) is 4.79 Å². The molecule has 3 rings (SSSR count). The molecule has 1 aromatic heterocycles. The zero-order chi connectivity index (χ0) is 17.8. The molecule has 1 N–H and O–H groups in total. The van der Waals surface area contributed by atoms with Gasteiger partial charge in [-0.2, -0.15) is 4.99 Å². The molecule has 0 radical (unpaired) electrons. The van der Waals surface area contributed by atoms with Crippen LogP contribution < -0.4 is 4.80 Å². The zero-order valence-corrected chi connectivity index (χ0v) is 14.3. The molecule has 0 fully saturated rings. The van der Waals surface area contributed by atoms with Crippen molar-refractivity contribution in [2.45, 2.75) is 13.0 Å². The third kappa shape index (κ3) is 3.75. The van der Waals surface area contributed by atoms with Crippen LogP contribution in [0.1, 0.15) is 18.5 Å². The Kier molecular flexibility index (Phi) is 4.90. The van der Waals surface area contributed by atoms with E-state index in [1.54, 1.807) is 17.6 Å². The lowest BCUT2D eigenvalue weighted by Crippen LogP contribution is -2.25. The van der Waals surface area contributed by atoms with Gasteiger partial charge in [0, 0.05) is 6.08 Å². The van der Waals surface area contributed by atoms with E-state index in [4.69, 9.17) is 0 Å². The first-order chi connectivity index (χ1) is 12.1. The van der Waals surface area contributed by atoms with Crippen molar-refractivity contribution in [1.29, 1.82) is 0 Å². The van der Waals surface area contributed by atoms with Gasteiger partial charge in [-0.25, -0.2) is 4.79 Å². The third-order valence-electron chi connectivity index (χ3n) is 3.70. The van der Waals surface area contributed by atoms with Crippen LogP contribution in [-0.4, -0.2) is 21.6 Å². The summed E-state index contributed by atoms with van der Waals surface area (Å²) >= 11 is 1.30. The summed E-state index contributed by atoms with van der Waals surface area (Å²) < 4.78 is 2.46. The number of carbonyl (C=O) groups is 2. The Morgan fingerprint density at radius 1 is 1.12 bits per heavy atom. The number of hydrogen-bond donors (Lipinski definition) is 1. The summed E-state index contributed by atoms with van der Waals surface area (Å²) in [4.78, 5) is 28.1. The summed E-state index contributed by atoms with van der Waals surface area (Å²) in [6, 6.07) is 16.0. The molecule has 0 bridgehead atoms. The summed E-state index contributed by atoms with van der Waals surface area (Å²) in [7, 11) is 0. The number of rotatable bonds is 4. The van der Waals surface area contributed by atoms with Crippen molar-refractivity contribution in [2.24, 2.45) is 4.99 Å². The second kappa shape index (κ2) is 7.27. The highest BCUT2D eigenvalue weighted by Gasteiger charge is 2.18. The Morgan fingerprint density at radius 2 is 1.80 bits per heavy atom. The van der Waals surface area contributed by atoms with Crippen LogP contribution in [0.5, 0.6) is 0 Å². The summed E-state index contributed by atoms with van der Waals surface area (Å²) in [6.45, 7) is 1.57. The summed E-state index contributed by atoms with van der Waals surface area (Å²) in [5.74, 6) is -1.40. The van der Waals surface area contributed by atoms with Crippen molar-refractivity contribution in [2.75, 3.05) is 0 Å². The standard InChI is InChI=1S/C19H16N2O3S/c1-13(18(23)24)21-15-9-5-6-10-16(15)25-19(21)20-17(22)12-11-14-7-3-2-4-8-14/h2-13H,1H3,(H,23,24)/b12-11+,20-19-. The lowest BCUT2D eigenvalue weighted by molar-refractivity contribution is -0.140. The van der Waals surface area contributed by atoms with Crippen LogP contribution in [0.15, 0.2) is 65.7 Å². The van der Waals surface area contributed by atoms with Crippen LogP contribution in [0, 0.1) is 0 Å². The fourth-order valence-electron chi connectivity index (χ4n) is 2.42. The zero-order valence-electron chi connectivity index (χ0n) is 13.5. The molecule has 25 heavy (non-hydrogen) atoms. The monoisotopic (exact) mass is 352 g/mol. The van der Waals surface area contributed by atoms with Gasteiger partial charge >= 0.3 is 5.97 Å². The number of amides is 1.